The summed E-state index contributed by atoms with van der Waals surface area (Å²) >= 11 is 0. The Morgan fingerprint density at radius 2 is 1.38 bits per heavy atom. The summed E-state index contributed by atoms with van der Waals surface area (Å²) in [6.45, 7) is 0. The van der Waals surface area contributed by atoms with E-state index in [0.29, 0.717) is 0 Å². The lowest BCUT2D eigenvalue weighted by atomic mass is 10.0. The summed E-state index contributed by atoms with van der Waals surface area (Å²) < 4.78 is 58.2. The molecule has 0 spiro atoms. The van der Waals surface area contributed by atoms with Gasteiger partial charge in [0.15, 0.2) is 0 Å². The van der Waals surface area contributed by atoms with Crippen molar-refractivity contribution in [2.75, 3.05) is 0 Å². The van der Waals surface area contributed by atoms with Gasteiger partial charge in [0, 0.05) is 11.1 Å². The Morgan fingerprint density at radius 1 is 0.923 bits per heavy atom. The van der Waals surface area contributed by atoms with E-state index in [-0.39, 0.29) is 0 Å². The van der Waals surface area contributed by atoms with Crippen molar-refractivity contribution in [1.29, 1.82) is 0 Å². The Hall–Kier alpha value is -1.44. The summed E-state index contributed by atoms with van der Waals surface area (Å²) in [7, 11) is 0. The summed E-state index contributed by atoms with van der Waals surface area (Å²) in [4.78, 5) is 0. The minimum Gasteiger partial charge on any atom is -0.196 e. The molecule has 0 aliphatic heterocycles. The Balaban J connectivity index is 2.86. The molecule has 13 heavy (non-hydrogen) atoms. The molecule has 0 saturated heterocycles. The van der Waals surface area contributed by atoms with Crippen LogP contribution in [0.1, 0.15) is 5.48 Å². The fraction of sp³-hybridized carbons (Fsp3) is 0.0909. The van der Waals surface area contributed by atoms with Gasteiger partial charge in [-0.3, -0.25) is 0 Å². The molecule has 0 aromatic carbocycles. The summed E-state index contributed by atoms with van der Waals surface area (Å²) in [6.07, 6.45) is 4.22. The van der Waals surface area contributed by atoms with Crippen LogP contribution in [0.25, 0.3) is 0 Å². The molecule has 2 bridgehead atoms. The van der Waals surface area contributed by atoms with E-state index in [9.17, 15) is 8.78 Å². The van der Waals surface area contributed by atoms with Crippen LogP contribution < -0.4 is 0 Å². The van der Waals surface area contributed by atoms with Gasteiger partial charge in [0.1, 0.15) is 0 Å². The summed E-state index contributed by atoms with van der Waals surface area (Å²) in [5.41, 5.74) is -1.52. The molecular formula is C11H8F2. The molecule has 2 aliphatic carbocycles. The molecule has 0 atom stereocenters. The van der Waals surface area contributed by atoms with Crippen LogP contribution in [0.5, 0.6) is 0 Å². The van der Waals surface area contributed by atoms with Crippen molar-refractivity contribution in [2.24, 2.45) is 0 Å². The molecular weight excluding hydrogens is 170 g/mol. The number of alkyl halides is 2. The predicted octanol–water partition coefficient (Wildman–Crippen LogP) is 3.17. The highest BCUT2D eigenvalue weighted by Gasteiger charge is 2.36. The van der Waals surface area contributed by atoms with Crippen LogP contribution in [0.4, 0.5) is 8.78 Å². The first-order valence-corrected chi connectivity index (χ1v) is 3.70. The number of fused-ring (bicyclic) bond motifs is 2. The largest absolute Gasteiger partial charge is 0.298 e. The quantitative estimate of drug-likeness (QED) is 0.539. The van der Waals surface area contributed by atoms with Crippen LogP contribution in [0.2, 0.25) is 0 Å². The van der Waals surface area contributed by atoms with Gasteiger partial charge in [0.25, 0.3) is 5.92 Å². The average Bonchev–Trinajstić information content (AvgIpc) is 2.35. The predicted molar refractivity (Wildman–Crippen MR) is 48.5 cm³/mol. The third kappa shape index (κ3) is 1.28. The van der Waals surface area contributed by atoms with Gasteiger partial charge in [-0.1, -0.05) is 48.5 Å². The number of halogens is 2. The fourth-order valence-electron chi connectivity index (χ4n) is 1.07. The van der Waals surface area contributed by atoms with Crippen LogP contribution >= 0.6 is 0 Å². The Morgan fingerprint density at radius 3 is 1.85 bits per heavy atom. The monoisotopic (exact) mass is 182 g/mol. The van der Waals surface area contributed by atoms with Gasteiger partial charge in [-0.25, -0.2) is 0 Å². The second kappa shape index (κ2) is 2.80. The highest BCUT2D eigenvalue weighted by Crippen LogP contribution is 2.36. The lowest BCUT2D eigenvalue weighted by Gasteiger charge is -2.16. The molecule has 0 N–H and O–H groups in total. The standard InChI is InChI=1S/C11H8F2/c12-11(13)9-5-1-2-6-10(11)8-4-3-7-9/h1-8H/i5D,6D,7D,8D. The maximum Gasteiger partial charge on any atom is 0.298 e. The second-order valence-electron chi connectivity index (χ2n) is 2.57. The van der Waals surface area contributed by atoms with E-state index < -0.39 is 41.3 Å². The van der Waals surface area contributed by atoms with Crippen molar-refractivity contribution in [3.05, 3.63) is 59.7 Å². The van der Waals surface area contributed by atoms with E-state index in [2.05, 4.69) is 0 Å². The molecule has 2 heteroatoms. The van der Waals surface area contributed by atoms with Crippen LogP contribution in [-0.2, 0) is 0 Å². The maximum atomic E-state index is 14.1. The molecule has 0 aromatic rings. The molecule has 0 nitrogen and oxygen atoms in total. The lowest BCUT2D eigenvalue weighted by molar-refractivity contribution is 0.0918. The zero-order valence-corrected chi connectivity index (χ0v) is 6.57. The third-order valence-corrected chi connectivity index (χ3v) is 1.71. The number of hydrogen-bond acceptors (Lipinski definition) is 0. The first kappa shape index (κ1) is 4.70. The van der Waals surface area contributed by atoms with Crippen LogP contribution in [0.15, 0.2) is 59.7 Å². The van der Waals surface area contributed by atoms with Gasteiger partial charge in [0.05, 0.1) is 5.48 Å². The van der Waals surface area contributed by atoms with Crippen molar-refractivity contribution >= 4 is 0 Å². The topological polar surface area (TPSA) is 0 Å². The Kier molecular flexibility index (Phi) is 1.01. The molecule has 0 aromatic heterocycles. The minimum absolute atomic E-state index is 0.501. The van der Waals surface area contributed by atoms with Gasteiger partial charge in [0.2, 0.25) is 0 Å². The van der Waals surface area contributed by atoms with Gasteiger partial charge < -0.3 is 0 Å². The smallest absolute Gasteiger partial charge is 0.196 e. The fourth-order valence-corrected chi connectivity index (χ4v) is 1.07. The summed E-state index contributed by atoms with van der Waals surface area (Å²) in [5.74, 6) is -3.64. The van der Waals surface area contributed by atoms with Crippen molar-refractivity contribution in [3.63, 3.8) is 0 Å². The zero-order valence-electron chi connectivity index (χ0n) is 10.6. The van der Waals surface area contributed by atoms with Crippen molar-refractivity contribution in [1.82, 2.24) is 0 Å². The molecule has 0 radical (unpaired) electrons. The van der Waals surface area contributed by atoms with Crippen molar-refractivity contribution in [2.45, 2.75) is 5.92 Å². The second-order valence-corrected chi connectivity index (χ2v) is 2.57. The number of rotatable bonds is 0. The zero-order chi connectivity index (χ0) is 12.8. The first-order valence-electron chi connectivity index (χ1n) is 5.70. The normalized spacial score (nSPS) is 30.6. The van der Waals surface area contributed by atoms with Crippen LogP contribution in [0, 0.1) is 0 Å². The lowest BCUT2D eigenvalue weighted by Crippen LogP contribution is -2.19. The Bertz CT molecular complexity index is 490. The highest BCUT2D eigenvalue weighted by molar-refractivity contribution is 5.50. The number of hydrogen-bond donors (Lipinski definition) is 0. The van der Waals surface area contributed by atoms with Gasteiger partial charge in [-0.15, -0.1) is 0 Å². The van der Waals surface area contributed by atoms with E-state index in [1.54, 1.807) is 0 Å². The summed E-state index contributed by atoms with van der Waals surface area (Å²) in [5, 5.41) is 0. The van der Waals surface area contributed by atoms with Crippen LogP contribution in [0.3, 0.4) is 0 Å². The van der Waals surface area contributed by atoms with E-state index in [1.165, 1.54) is 0 Å². The van der Waals surface area contributed by atoms with E-state index in [0.717, 1.165) is 24.3 Å². The number of allylic oxidation sites excluding steroid dienone is 10. The molecule has 2 aliphatic rings. The van der Waals surface area contributed by atoms with E-state index >= 15 is 0 Å². The van der Waals surface area contributed by atoms with Gasteiger partial charge >= 0.3 is 0 Å². The average molecular weight is 182 g/mol. The minimum atomic E-state index is -3.64. The molecule has 0 fully saturated rings. The molecule has 66 valence electrons. The molecule has 0 unspecified atom stereocenters. The van der Waals surface area contributed by atoms with Crippen LogP contribution in [-0.4, -0.2) is 5.92 Å². The molecule has 0 heterocycles. The summed E-state index contributed by atoms with van der Waals surface area (Å²) in [6, 6.07) is -2.00. The molecule has 2 rings (SSSR count). The molecule has 0 saturated carbocycles. The highest BCUT2D eigenvalue weighted by atomic mass is 19.3. The first-order chi connectivity index (χ1) is 7.85. The van der Waals surface area contributed by atoms with E-state index in [1.807, 2.05) is 0 Å². The molecule has 0 amide bonds. The SMILES string of the molecule is [2H]C1=CC=C([2H])C2=C([2H])C=CC([2H])=C1C2(F)F. The van der Waals surface area contributed by atoms with E-state index in [4.69, 9.17) is 5.48 Å². The van der Waals surface area contributed by atoms with Crippen molar-refractivity contribution in [3.8, 4) is 0 Å². The van der Waals surface area contributed by atoms with Gasteiger partial charge in [-0.05, 0) is 0 Å². The Labute approximate surface area is 80.9 Å². The third-order valence-electron chi connectivity index (χ3n) is 1.71. The van der Waals surface area contributed by atoms with Gasteiger partial charge in [-0.2, -0.15) is 8.78 Å². The van der Waals surface area contributed by atoms with Crippen molar-refractivity contribution < 1.29 is 14.3 Å². The maximum absolute atomic E-state index is 14.1.